The smallest absolute Gasteiger partial charge is 0.338 e. The third kappa shape index (κ3) is 4.26. The van der Waals surface area contributed by atoms with Gasteiger partial charge in [-0.3, -0.25) is 4.72 Å². The third-order valence-electron chi connectivity index (χ3n) is 3.08. The molecule has 0 aliphatic rings. The summed E-state index contributed by atoms with van der Waals surface area (Å²) < 4.78 is 37.6. The van der Waals surface area contributed by atoms with Crippen LogP contribution in [-0.4, -0.2) is 27.6 Å². The maximum absolute atomic E-state index is 12.4. The number of ether oxygens (including phenoxy) is 2. The molecule has 24 heavy (non-hydrogen) atoms. The summed E-state index contributed by atoms with van der Waals surface area (Å²) in [6.45, 7) is 3.47. The van der Waals surface area contributed by atoms with Crippen LogP contribution >= 0.6 is 0 Å². The number of methoxy groups -OCH3 is 1. The summed E-state index contributed by atoms with van der Waals surface area (Å²) in [5.74, 6) is -0.233. The van der Waals surface area contributed by atoms with Crippen LogP contribution in [0, 0.1) is 0 Å². The summed E-state index contributed by atoms with van der Waals surface area (Å²) >= 11 is 0. The Morgan fingerprint density at radius 1 is 1.08 bits per heavy atom. The zero-order chi connectivity index (χ0) is 17.7. The highest BCUT2D eigenvalue weighted by molar-refractivity contribution is 7.92. The average molecular weight is 349 g/mol. The minimum Gasteiger partial charge on any atom is -0.495 e. The summed E-state index contributed by atoms with van der Waals surface area (Å²) in [5.41, 5.74) is 0.398. The van der Waals surface area contributed by atoms with E-state index in [-0.39, 0.29) is 22.3 Å². The SMILES string of the molecule is COc1ccc(C(=O)OC(C)C)cc1NS(=O)(=O)c1ccccc1. The zero-order valence-electron chi connectivity index (χ0n) is 13.6. The zero-order valence-corrected chi connectivity index (χ0v) is 14.5. The van der Waals surface area contributed by atoms with Gasteiger partial charge in [-0.2, -0.15) is 0 Å². The second kappa shape index (κ2) is 7.35. The van der Waals surface area contributed by atoms with Crippen molar-refractivity contribution in [2.24, 2.45) is 0 Å². The topological polar surface area (TPSA) is 81.7 Å². The molecule has 7 heteroatoms. The molecule has 0 bridgehead atoms. The number of hydrogen-bond acceptors (Lipinski definition) is 5. The number of esters is 1. The summed E-state index contributed by atoms with van der Waals surface area (Å²) in [6, 6.07) is 12.4. The van der Waals surface area contributed by atoms with Crippen LogP contribution in [0.1, 0.15) is 24.2 Å². The van der Waals surface area contributed by atoms with E-state index in [1.54, 1.807) is 32.0 Å². The Bertz CT molecular complexity index is 816. The highest BCUT2D eigenvalue weighted by Gasteiger charge is 2.18. The molecule has 1 N–H and O–H groups in total. The second-order valence-corrected chi connectivity index (χ2v) is 6.97. The largest absolute Gasteiger partial charge is 0.495 e. The van der Waals surface area contributed by atoms with Crippen molar-refractivity contribution in [3.8, 4) is 5.75 Å². The fourth-order valence-electron chi connectivity index (χ4n) is 2.00. The minimum absolute atomic E-state index is 0.113. The van der Waals surface area contributed by atoms with E-state index < -0.39 is 16.0 Å². The van der Waals surface area contributed by atoms with Gasteiger partial charge in [0.25, 0.3) is 10.0 Å². The molecule has 2 aromatic carbocycles. The van der Waals surface area contributed by atoms with E-state index in [9.17, 15) is 13.2 Å². The molecule has 0 aromatic heterocycles. The van der Waals surface area contributed by atoms with Crippen LogP contribution < -0.4 is 9.46 Å². The monoisotopic (exact) mass is 349 g/mol. The molecule has 2 rings (SSSR count). The molecule has 0 aliphatic heterocycles. The highest BCUT2D eigenvalue weighted by atomic mass is 32.2. The van der Waals surface area contributed by atoms with Gasteiger partial charge in [-0.25, -0.2) is 13.2 Å². The van der Waals surface area contributed by atoms with Crippen LogP contribution in [0.15, 0.2) is 53.4 Å². The molecule has 0 fully saturated rings. The number of carbonyl (C=O) groups excluding carboxylic acids is 1. The molecular formula is C17H19NO5S. The summed E-state index contributed by atoms with van der Waals surface area (Å²) in [6.07, 6.45) is -0.274. The molecule has 0 spiro atoms. The second-order valence-electron chi connectivity index (χ2n) is 5.29. The first kappa shape index (κ1) is 17.8. The Morgan fingerprint density at radius 3 is 2.33 bits per heavy atom. The van der Waals surface area contributed by atoms with Crippen LogP contribution in [0.4, 0.5) is 5.69 Å². The minimum atomic E-state index is -3.79. The molecular weight excluding hydrogens is 330 g/mol. The van der Waals surface area contributed by atoms with Gasteiger partial charge in [-0.05, 0) is 44.2 Å². The Kier molecular flexibility index (Phi) is 5.46. The molecule has 0 unspecified atom stereocenters. The van der Waals surface area contributed by atoms with E-state index in [0.29, 0.717) is 5.75 Å². The molecule has 0 saturated heterocycles. The van der Waals surface area contributed by atoms with Crippen molar-refractivity contribution in [1.82, 2.24) is 0 Å². The fourth-order valence-corrected chi connectivity index (χ4v) is 3.08. The molecule has 6 nitrogen and oxygen atoms in total. The van der Waals surface area contributed by atoms with Crippen molar-refractivity contribution in [3.63, 3.8) is 0 Å². The molecule has 0 atom stereocenters. The lowest BCUT2D eigenvalue weighted by atomic mass is 10.2. The van der Waals surface area contributed by atoms with E-state index in [4.69, 9.17) is 9.47 Å². The number of sulfonamides is 1. The summed E-state index contributed by atoms with van der Waals surface area (Å²) in [5, 5.41) is 0. The van der Waals surface area contributed by atoms with Gasteiger partial charge < -0.3 is 9.47 Å². The molecule has 0 saturated carbocycles. The standard InChI is InChI=1S/C17H19NO5S/c1-12(2)23-17(19)13-9-10-16(22-3)15(11-13)18-24(20,21)14-7-5-4-6-8-14/h4-12,18H,1-3H3. The quantitative estimate of drug-likeness (QED) is 0.811. The third-order valence-corrected chi connectivity index (χ3v) is 4.46. The van der Waals surface area contributed by atoms with Crippen LogP contribution in [0.2, 0.25) is 0 Å². The number of anilines is 1. The number of hydrogen-bond donors (Lipinski definition) is 1. The van der Waals surface area contributed by atoms with Gasteiger partial charge in [-0.1, -0.05) is 18.2 Å². The van der Waals surface area contributed by atoms with E-state index in [2.05, 4.69) is 4.72 Å². The lowest BCUT2D eigenvalue weighted by molar-refractivity contribution is 0.0378. The van der Waals surface area contributed by atoms with Gasteiger partial charge in [0.2, 0.25) is 0 Å². The summed E-state index contributed by atoms with van der Waals surface area (Å²) in [4.78, 5) is 12.1. The normalized spacial score (nSPS) is 11.2. The molecule has 128 valence electrons. The Morgan fingerprint density at radius 2 is 1.75 bits per heavy atom. The van der Waals surface area contributed by atoms with Crippen molar-refractivity contribution >= 4 is 21.7 Å². The van der Waals surface area contributed by atoms with Gasteiger partial charge in [0.1, 0.15) is 5.75 Å². The number of benzene rings is 2. The Hall–Kier alpha value is -2.54. The lowest BCUT2D eigenvalue weighted by Crippen LogP contribution is -2.15. The van der Waals surface area contributed by atoms with Crippen molar-refractivity contribution in [2.45, 2.75) is 24.8 Å². The van der Waals surface area contributed by atoms with Gasteiger partial charge in [0.05, 0.1) is 29.4 Å². The molecule has 0 radical (unpaired) electrons. The van der Waals surface area contributed by atoms with Crippen molar-refractivity contribution in [2.75, 3.05) is 11.8 Å². The Labute approximate surface area is 141 Å². The van der Waals surface area contributed by atoms with Crippen LogP contribution in [0.3, 0.4) is 0 Å². The van der Waals surface area contributed by atoms with E-state index >= 15 is 0 Å². The van der Waals surface area contributed by atoms with E-state index in [1.807, 2.05) is 0 Å². The van der Waals surface area contributed by atoms with E-state index in [1.165, 1.54) is 37.4 Å². The molecule has 0 aliphatic carbocycles. The highest BCUT2D eigenvalue weighted by Crippen LogP contribution is 2.28. The van der Waals surface area contributed by atoms with Crippen LogP contribution in [0.25, 0.3) is 0 Å². The van der Waals surface area contributed by atoms with E-state index in [0.717, 1.165) is 0 Å². The molecule has 2 aromatic rings. The van der Waals surface area contributed by atoms with Crippen LogP contribution in [-0.2, 0) is 14.8 Å². The van der Waals surface area contributed by atoms with Crippen molar-refractivity contribution in [3.05, 3.63) is 54.1 Å². The first-order valence-electron chi connectivity index (χ1n) is 7.30. The molecule has 0 amide bonds. The number of carbonyl (C=O) groups is 1. The molecule has 0 heterocycles. The van der Waals surface area contributed by atoms with Crippen LogP contribution in [0.5, 0.6) is 5.75 Å². The van der Waals surface area contributed by atoms with Crippen molar-refractivity contribution < 1.29 is 22.7 Å². The first-order chi connectivity index (χ1) is 11.3. The predicted octanol–water partition coefficient (Wildman–Crippen LogP) is 3.06. The number of nitrogens with one attached hydrogen (secondary N) is 1. The maximum Gasteiger partial charge on any atom is 0.338 e. The fraction of sp³-hybridized carbons (Fsp3) is 0.235. The number of rotatable bonds is 6. The lowest BCUT2D eigenvalue weighted by Gasteiger charge is -2.14. The Balaban J connectivity index is 2.36. The van der Waals surface area contributed by atoms with Crippen molar-refractivity contribution in [1.29, 1.82) is 0 Å². The van der Waals surface area contributed by atoms with Gasteiger partial charge in [0.15, 0.2) is 0 Å². The maximum atomic E-state index is 12.4. The van der Waals surface area contributed by atoms with Gasteiger partial charge >= 0.3 is 5.97 Å². The summed E-state index contributed by atoms with van der Waals surface area (Å²) in [7, 11) is -2.38. The van der Waals surface area contributed by atoms with Gasteiger partial charge in [0, 0.05) is 0 Å². The van der Waals surface area contributed by atoms with Gasteiger partial charge in [-0.15, -0.1) is 0 Å². The average Bonchev–Trinajstić information content (AvgIpc) is 2.54. The first-order valence-corrected chi connectivity index (χ1v) is 8.78. The predicted molar refractivity (Wildman–Crippen MR) is 90.8 cm³/mol.